The molecule has 1 N–H and O–H groups in total. The van der Waals surface area contributed by atoms with Gasteiger partial charge in [-0.2, -0.15) is 0 Å². The van der Waals surface area contributed by atoms with E-state index >= 15 is 0 Å². The van der Waals surface area contributed by atoms with Gasteiger partial charge in [-0.15, -0.1) is 0 Å². The molecule has 0 spiro atoms. The molecule has 0 radical (unpaired) electrons. The number of hydrogen-bond donors (Lipinski definition) is 1. The number of hydrogen-bond acceptors (Lipinski definition) is 4. The molecule has 3 aliphatic rings. The van der Waals surface area contributed by atoms with Crippen LogP contribution >= 0.6 is 0 Å². The minimum Gasteiger partial charge on any atom is -0.459 e. The highest BCUT2D eigenvalue weighted by Gasteiger charge is 2.35. The molecule has 2 aliphatic carbocycles. The fourth-order valence-electron chi connectivity index (χ4n) is 7.18. The van der Waals surface area contributed by atoms with Crippen LogP contribution < -0.4 is 0 Å². The normalized spacial score (nSPS) is 25.6. The number of esters is 1. The first-order valence-corrected chi connectivity index (χ1v) is 15.5. The molecule has 2 unspecified atom stereocenters. The number of halogens is 6. The van der Waals surface area contributed by atoms with Crippen LogP contribution in [0.3, 0.4) is 0 Å². The number of ether oxygens (including phenoxy) is 2. The predicted molar refractivity (Wildman–Crippen MR) is 153 cm³/mol. The van der Waals surface area contributed by atoms with Crippen molar-refractivity contribution in [1.29, 1.82) is 0 Å². The lowest BCUT2D eigenvalue weighted by atomic mass is 9.69. The standard InChI is InChI=1S/C35H34F6O4/c1-17(42)22-10-12-24(31(38)29(22)36)25-13-15-27(34(41)32(25)39)35(43)45-21-8-6-19(7-9-21)18-2-4-20(5-3-18)23-11-14-26(28-16-44-28)33(40)30(23)37/h10-15,17-21,28,42H,2-9,16H2,1H3. The number of carbonyl (C=O) groups is 1. The highest BCUT2D eigenvalue weighted by atomic mass is 19.2. The Hall–Kier alpha value is -3.37. The number of carbonyl (C=O) groups excluding carboxylic acids is 1. The molecule has 45 heavy (non-hydrogen) atoms. The van der Waals surface area contributed by atoms with Crippen molar-refractivity contribution in [1.82, 2.24) is 0 Å². The van der Waals surface area contributed by atoms with Crippen LogP contribution in [-0.4, -0.2) is 23.8 Å². The smallest absolute Gasteiger partial charge is 0.341 e. The predicted octanol–water partition coefficient (Wildman–Crippen LogP) is 9.00. The van der Waals surface area contributed by atoms with E-state index in [1.165, 1.54) is 6.92 Å². The maximum Gasteiger partial charge on any atom is 0.341 e. The fourth-order valence-corrected chi connectivity index (χ4v) is 7.18. The Labute approximate surface area is 257 Å². The molecule has 10 heteroatoms. The van der Waals surface area contributed by atoms with Gasteiger partial charge in [-0.1, -0.05) is 30.3 Å². The summed E-state index contributed by atoms with van der Waals surface area (Å²) in [6.07, 6.45) is 3.87. The van der Waals surface area contributed by atoms with Gasteiger partial charge in [-0.3, -0.25) is 0 Å². The zero-order valence-corrected chi connectivity index (χ0v) is 24.7. The zero-order chi connectivity index (χ0) is 32.0. The Morgan fingerprint density at radius 2 is 1.24 bits per heavy atom. The first kappa shape index (κ1) is 31.6. The van der Waals surface area contributed by atoms with Crippen LogP contribution in [0.1, 0.15) is 103 Å². The summed E-state index contributed by atoms with van der Waals surface area (Å²) >= 11 is 0. The molecule has 6 rings (SSSR count). The lowest BCUT2D eigenvalue weighted by Crippen LogP contribution is -2.30. The van der Waals surface area contributed by atoms with Crippen LogP contribution in [0.5, 0.6) is 0 Å². The van der Waals surface area contributed by atoms with E-state index in [0.29, 0.717) is 36.8 Å². The van der Waals surface area contributed by atoms with E-state index in [0.717, 1.165) is 62.8 Å². The van der Waals surface area contributed by atoms with Crippen LogP contribution in [0.25, 0.3) is 11.1 Å². The lowest BCUT2D eigenvalue weighted by Gasteiger charge is -2.37. The molecule has 3 fully saturated rings. The van der Waals surface area contributed by atoms with Crippen molar-refractivity contribution in [2.24, 2.45) is 11.8 Å². The fraction of sp³-hybridized carbons (Fsp3) is 0.457. The van der Waals surface area contributed by atoms with E-state index in [4.69, 9.17) is 9.47 Å². The van der Waals surface area contributed by atoms with Crippen molar-refractivity contribution < 1.29 is 45.7 Å². The summed E-state index contributed by atoms with van der Waals surface area (Å²) in [7, 11) is 0. The Kier molecular flexibility index (Phi) is 8.98. The van der Waals surface area contributed by atoms with Crippen molar-refractivity contribution in [3.63, 3.8) is 0 Å². The van der Waals surface area contributed by atoms with Crippen LogP contribution in [0.15, 0.2) is 36.4 Å². The molecule has 240 valence electrons. The molecule has 3 aromatic carbocycles. The second-order valence-corrected chi connectivity index (χ2v) is 12.5. The van der Waals surface area contributed by atoms with Gasteiger partial charge in [0.15, 0.2) is 34.9 Å². The molecule has 4 nitrogen and oxygen atoms in total. The second-order valence-electron chi connectivity index (χ2n) is 12.5. The average molecular weight is 633 g/mol. The number of aliphatic hydroxyl groups excluding tert-OH is 1. The van der Waals surface area contributed by atoms with Crippen LogP contribution in [0.4, 0.5) is 26.3 Å². The topological polar surface area (TPSA) is 59.1 Å². The minimum absolute atomic E-state index is 0.0389. The molecule has 0 aromatic heterocycles. The van der Waals surface area contributed by atoms with Gasteiger partial charge >= 0.3 is 5.97 Å². The van der Waals surface area contributed by atoms with E-state index in [1.54, 1.807) is 12.1 Å². The number of aliphatic hydroxyl groups is 1. The van der Waals surface area contributed by atoms with Crippen LogP contribution in [-0.2, 0) is 9.47 Å². The van der Waals surface area contributed by atoms with Gasteiger partial charge in [-0.25, -0.2) is 31.1 Å². The molecule has 1 aliphatic heterocycles. The third-order valence-electron chi connectivity index (χ3n) is 9.85. The zero-order valence-electron chi connectivity index (χ0n) is 24.7. The molecule has 1 heterocycles. The first-order valence-electron chi connectivity index (χ1n) is 15.5. The lowest BCUT2D eigenvalue weighted by molar-refractivity contribution is 0.0109. The molecule has 3 aromatic rings. The van der Waals surface area contributed by atoms with Gasteiger partial charge in [0.1, 0.15) is 12.2 Å². The van der Waals surface area contributed by atoms with Gasteiger partial charge in [0.05, 0.1) is 18.3 Å². The van der Waals surface area contributed by atoms with Gasteiger partial charge in [-0.05, 0) is 87.7 Å². The highest BCUT2D eigenvalue weighted by Crippen LogP contribution is 2.45. The van der Waals surface area contributed by atoms with Gasteiger partial charge < -0.3 is 14.6 Å². The summed E-state index contributed by atoms with van der Waals surface area (Å²) in [5.41, 5.74) is -1.37. The minimum atomic E-state index is -1.52. The third-order valence-corrected chi connectivity index (χ3v) is 9.85. The maximum absolute atomic E-state index is 15.0. The molecule has 1 saturated heterocycles. The SMILES string of the molecule is CC(O)c1ccc(-c2ccc(C(=O)OC3CCC(C4CCC(c5ccc(C6CO6)c(F)c5F)CC4)CC3)c(F)c2F)c(F)c1F. The van der Waals surface area contributed by atoms with Crippen molar-refractivity contribution in [3.8, 4) is 11.1 Å². The summed E-state index contributed by atoms with van der Waals surface area (Å²) < 4.78 is 98.9. The Bertz CT molecular complexity index is 1590. The monoisotopic (exact) mass is 632 g/mol. The van der Waals surface area contributed by atoms with E-state index < -0.39 is 69.8 Å². The second kappa shape index (κ2) is 12.8. The molecule has 2 atom stereocenters. The summed E-state index contributed by atoms with van der Waals surface area (Å²) in [6, 6.07) is 7.44. The van der Waals surface area contributed by atoms with Gasteiger partial charge in [0, 0.05) is 22.3 Å². The van der Waals surface area contributed by atoms with Gasteiger partial charge in [0.2, 0.25) is 0 Å². The summed E-state index contributed by atoms with van der Waals surface area (Å²) in [4.78, 5) is 12.8. The first-order chi connectivity index (χ1) is 21.5. The van der Waals surface area contributed by atoms with E-state index in [2.05, 4.69) is 0 Å². The van der Waals surface area contributed by atoms with Crippen molar-refractivity contribution in [2.75, 3.05) is 6.61 Å². The molecule has 0 amide bonds. The van der Waals surface area contributed by atoms with Gasteiger partial charge in [0.25, 0.3) is 0 Å². The highest BCUT2D eigenvalue weighted by molar-refractivity contribution is 5.90. The average Bonchev–Trinajstić information content (AvgIpc) is 3.87. The number of benzene rings is 3. The Morgan fingerprint density at radius 3 is 1.84 bits per heavy atom. The van der Waals surface area contributed by atoms with E-state index in [9.17, 15) is 36.2 Å². The van der Waals surface area contributed by atoms with Crippen molar-refractivity contribution in [2.45, 2.75) is 82.5 Å². The summed E-state index contributed by atoms with van der Waals surface area (Å²) in [5.74, 6) is -7.68. The van der Waals surface area contributed by atoms with Crippen LogP contribution in [0, 0.1) is 46.7 Å². The molecule has 2 saturated carbocycles. The van der Waals surface area contributed by atoms with Crippen LogP contribution in [0.2, 0.25) is 0 Å². The maximum atomic E-state index is 15.0. The number of rotatable bonds is 7. The quantitative estimate of drug-likeness (QED) is 0.161. The summed E-state index contributed by atoms with van der Waals surface area (Å²) in [6.45, 7) is 1.66. The number of epoxide rings is 1. The molecular formula is C35H34F6O4. The summed E-state index contributed by atoms with van der Waals surface area (Å²) in [5, 5.41) is 9.57. The largest absolute Gasteiger partial charge is 0.459 e. The van der Waals surface area contributed by atoms with E-state index in [1.807, 2.05) is 0 Å². The van der Waals surface area contributed by atoms with Crippen molar-refractivity contribution in [3.05, 3.63) is 93.6 Å². The third kappa shape index (κ3) is 6.23. The molecule has 0 bridgehead atoms. The van der Waals surface area contributed by atoms with Crippen molar-refractivity contribution >= 4 is 5.97 Å². The Balaban J connectivity index is 1.03. The Morgan fingerprint density at radius 1 is 0.711 bits per heavy atom. The molecular weight excluding hydrogens is 598 g/mol. The van der Waals surface area contributed by atoms with E-state index in [-0.39, 0.29) is 23.1 Å².